The molecular weight excluding hydrogens is 182 g/mol. The second kappa shape index (κ2) is 3.67. The molecule has 0 aliphatic heterocycles. The van der Waals surface area contributed by atoms with Crippen LogP contribution < -0.4 is 0 Å². The van der Waals surface area contributed by atoms with Crippen molar-refractivity contribution in [2.75, 3.05) is 0 Å². The molecule has 0 aliphatic carbocycles. The van der Waals surface area contributed by atoms with Crippen molar-refractivity contribution in [3.05, 3.63) is 35.4 Å². The Balaban J connectivity index is 2.93. The van der Waals surface area contributed by atoms with Crippen LogP contribution in [0.25, 0.3) is 0 Å². The van der Waals surface area contributed by atoms with E-state index in [-0.39, 0.29) is 12.0 Å². The van der Waals surface area contributed by atoms with E-state index in [1.54, 1.807) is 0 Å². The van der Waals surface area contributed by atoms with Crippen molar-refractivity contribution in [1.29, 1.82) is 0 Å². The normalized spacial score (nSPS) is 9.92. The van der Waals surface area contributed by atoms with Gasteiger partial charge >= 0.3 is 0 Å². The van der Waals surface area contributed by atoms with Crippen molar-refractivity contribution in [1.82, 2.24) is 0 Å². The summed E-state index contributed by atoms with van der Waals surface area (Å²) in [7, 11) is 0. The molecule has 1 nitrogen and oxygen atoms in total. The molecule has 0 unspecified atom stereocenters. The molecule has 0 aromatic heterocycles. The van der Waals surface area contributed by atoms with Crippen LogP contribution in [0.3, 0.4) is 0 Å². The van der Waals surface area contributed by atoms with Crippen molar-refractivity contribution in [3.8, 4) is 0 Å². The van der Waals surface area contributed by atoms with Gasteiger partial charge in [-0.05, 0) is 11.6 Å². The number of halogens is 2. The number of hydrogen-bond donors (Lipinski definition) is 1. The largest absolute Gasteiger partial charge is 0.287 e. The molecule has 4 heteroatoms. The quantitative estimate of drug-likeness (QED) is 0.702. The lowest BCUT2D eigenvalue weighted by molar-refractivity contribution is -0.110. The predicted octanol–water partition coefficient (Wildman–Crippen LogP) is 1.96. The van der Waals surface area contributed by atoms with Crippen molar-refractivity contribution >= 4 is 17.7 Å². The molecule has 0 bridgehead atoms. The smallest absolute Gasteiger partial charge is 0.190 e. The summed E-state index contributed by atoms with van der Waals surface area (Å²) in [5.74, 6) is -1.36. The summed E-state index contributed by atoms with van der Waals surface area (Å²) in [6.07, 6.45) is -0.116. The highest BCUT2D eigenvalue weighted by Gasteiger charge is 2.05. The molecule has 0 N–H and O–H groups in total. The van der Waals surface area contributed by atoms with E-state index in [0.29, 0.717) is 0 Å². The summed E-state index contributed by atoms with van der Waals surface area (Å²) in [6, 6.07) is 3.08. The number of benzene rings is 1. The maximum Gasteiger partial charge on any atom is 0.190 e. The fourth-order valence-electron chi connectivity index (χ4n) is 0.828. The van der Waals surface area contributed by atoms with Gasteiger partial charge in [0.05, 0.1) is 0 Å². The van der Waals surface area contributed by atoms with Crippen LogP contribution in [0.1, 0.15) is 5.56 Å². The minimum Gasteiger partial charge on any atom is -0.287 e. The predicted molar refractivity (Wildman–Crippen MR) is 44.1 cm³/mol. The standard InChI is InChI=1S/C8H6F2OS/c9-6-2-1-5(3-8(11)12)7(10)4-6/h1-2,4H,3H2,(H,11,12). The molecule has 1 aromatic carbocycles. The Bertz CT molecular complexity index is 312. The zero-order valence-electron chi connectivity index (χ0n) is 6.05. The van der Waals surface area contributed by atoms with Crippen LogP contribution in [0.2, 0.25) is 0 Å². The van der Waals surface area contributed by atoms with E-state index in [0.717, 1.165) is 12.1 Å². The number of rotatable bonds is 2. The van der Waals surface area contributed by atoms with E-state index in [2.05, 4.69) is 12.6 Å². The van der Waals surface area contributed by atoms with E-state index in [1.807, 2.05) is 0 Å². The van der Waals surface area contributed by atoms with Crippen LogP contribution >= 0.6 is 12.6 Å². The molecule has 0 atom stereocenters. The van der Waals surface area contributed by atoms with Gasteiger partial charge in [-0.3, -0.25) is 4.79 Å². The van der Waals surface area contributed by atoms with Gasteiger partial charge in [0, 0.05) is 12.5 Å². The summed E-state index contributed by atoms with van der Waals surface area (Å²) in [4.78, 5) is 10.5. The Kier molecular flexibility index (Phi) is 2.81. The third-order valence-corrected chi connectivity index (χ3v) is 1.51. The maximum atomic E-state index is 12.8. The van der Waals surface area contributed by atoms with Crippen LogP contribution in [0, 0.1) is 11.6 Å². The number of hydrogen-bond acceptors (Lipinski definition) is 1. The summed E-state index contributed by atoms with van der Waals surface area (Å²) in [6.45, 7) is 0. The first-order valence-corrected chi connectivity index (χ1v) is 3.70. The summed E-state index contributed by atoms with van der Waals surface area (Å²) < 4.78 is 25.1. The molecule has 64 valence electrons. The molecule has 12 heavy (non-hydrogen) atoms. The summed E-state index contributed by atoms with van der Waals surface area (Å²) in [5.41, 5.74) is 0.163. The average molecular weight is 188 g/mol. The van der Waals surface area contributed by atoms with Gasteiger partial charge in [-0.25, -0.2) is 8.78 Å². The first-order chi connectivity index (χ1) is 5.59. The van der Waals surface area contributed by atoms with Crippen molar-refractivity contribution in [2.45, 2.75) is 6.42 Å². The zero-order valence-corrected chi connectivity index (χ0v) is 6.94. The van der Waals surface area contributed by atoms with Crippen LogP contribution in [-0.2, 0) is 11.2 Å². The molecule has 0 heterocycles. The molecule has 0 spiro atoms. The highest BCUT2D eigenvalue weighted by atomic mass is 32.1. The van der Waals surface area contributed by atoms with Crippen molar-refractivity contribution < 1.29 is 13.6 Å². The van der Waals surface area contributed by atoms with Gasteiger partial charge in [0.15, 0.2) is 5.12 Å². The molecule has 1 rings (SSSR count). The lowest BCUT2D eigenvalue weighted by Gasteiger charge is -1.98. The Labute approximate surface area is 73.8 Å². The SMILES string of the molecule is O=C(S)Cc1ccc(F)cc1F. The van der Waals surface area contributed by atoms with E-state index < -0.39 is 16.7 Å². The van der Waals surface area contributed by atoms with Gasteiger partial charge in [0.25, 0.3) is 0 Å². The minimum absolute atomic E-state index is 0.116. The van der Waals surface area contributed by atoms with Crippen LogP contribution in [0.15, 0.2) is 18.2 Å². The Morgan fingerprint density at radius 1 is 1.42 bits per heavy atom. The number of carbonyl (C=O) groups is 1. The molecular formula is C8H6F2OS. The van der Waals surface area contributed by atoms with Crippen molar-refractivity contribution in [3.63, 3.8) is 0 Å². The highest BCUT2D eigenvalue weighted by Crippen LogP contribution is 2.10. The van der Waals surface area contributed by atoms with E-state index in [4.69, 9.17) is 0 Å². The first-order valence-electron chi connectivity index (χ1n) is 3.25. The Morgan fingerprint density at radius 2 is 2.08 bits per heavy atom. The fraction of sp³-hybridized carbons (Fsp3) is 0.125. The summed E-state index contributed by atoms with van der Waals surface area (Å²) >= 11 is 3.48. The lowest BCUT2D eigenvalue weighted by atomic mass is 10.1. The van der Waals surface area contributed by atoms with Gasteiger partial charge in [-0.1, -0.05) is 6.07 Å². The molecule has 1 aromatic rings. The van der Waals surface area contributed by atoms with Crippen molar-refractivity contribution in [2.24, 2.45) is 0 Å². The average Bonchev–Trinajstić information content (AvgIpc) is 1.94. The van der Waals surface area contributed by atoms with Gasteiger partial charge in [0.2, 0.25) is 0 Å². The molecule has 0 fully saturated rings. The summed E-state index contributed by atoms with van der Waals surface area (Å²) in [5, 5.41) is -0.444. The highest BCUT2D eigenvalue weighted by molar-refractivity contribution is 7.96. The minimum atomic E-state index is -0.711. The van der Waals surface area contributed by atoms with E-state index in [9.17, 15) is 13.6 Å². The molecule has 0 radical (unpaired) electrons. The first kappa shape index (κ1) is 9.19. The monoisotopic (exact) mass is 188 g/mol. The third kappa shape index (κ3) is 2.30. The Hall–Kier alpha value is -0.900. The molecule has 0 saturated carbocycles. The van der Waals surface area contributed by atoms with E-state index >= 15 is 0 Å². The number of thiol groups is 1. The van der Waals surface area contributed by atoms with Crippen LogP contribution in [-0.4, -0.2) is 5.12 Å². The van der Waals surface area contributed by atoms with Crippen LogP contribution in [0.5, 0.6) is 0 Å². The maximum absolute atomic E-state index is 12.8. The zero-order chi connectivity index (χ0) is 9.14. The topological polar surface area (TPSA) is 17.1 Å². The van der Waals surface area contributed by atoms with Gasteiger partial charge < -0.3 is 0 Å². The molecule has 0 aliphatic rings. The van der Waals surface area contributed by atoms with E-state index in [1.165, 1.54) is 6.07 Å². The van der Waals surface area contributed by atoms with Crippen LogP contribution in [0.4, 0.5) is 8.78 Å². The fourth-order valence-corrected chi connectivity index (χ4v) is 0.998. The second-order valence-corrected chi connectivity index (χ2v) is 2.81. The Morgan fingerprint density at radius 3 is 2.58 bits per heavy atom. The van der Waals surface area contributed by atoms with Gasteiger partial charge in [-0.15, -0.1) is 12.6 Å². The van der Waals surface area contributed by atoms with Gasteiger partial charge in [0.1, 0.15) is 11.6 Å². The number of carbonyl (C=O) groups excluding carboxylic acids is 1. The molecule has 0 amide bonds. The second-order valence-electron chi connectivity index (χ2n) is 2.31. The third-order valence-electron chi connectivity index (χ3n) is 1.36. The lowest BCUT2D eigenvalue weighted by Crippen LogP contribution is -1.97. The molecule has 0 saturated heterocycles. The van der Waals surface area contributed by atoms with Gasteiger partial charge in [-0.2, -0.15) is 0 Å².